The molecule has 0 radical (unpaired) electrons. The first-order valence-electron chi connectivity index (χ1n) is 14.9. The number of allylic oxidation sites excluding steroid dienone is 1. The molecular formula is C30H48N4O6. The van der Waals surface area contributed by atoms with Crippen LogP contribution in [0.3, 0.4) is 0 Å². The third-order valence-corrected chi connectivity index (χ3v) is 9.19. The van der Waals surface area contributed by atoms with E-state index in [0.29, 0.717) is 13.0 Å². The van der Waals surface area contributed by atoms with Crippen molar-refractivity contribution in [3.05, 3.63) is 29.9 Å². The summed E-state index contributed by atoms with van der Waals surface area (Å²) >= 11 is 0. The molecule has 7 atom stereocenters. The van der Waals surface area contributed by atoms with Crippen molar-refractivity contribution in [1.29, 1.82) is 0 Å². The molecule has 4 fully saturated rings. The first kappa shape index (κ1) is 29.5. The molecule has 40 heavy (non-hydrogen) atoms. The number of amides is 1. The second-order valence-corrected chi connectivity index (χ2v) is 12.7. The maximum atomic E-state index is 13.3. The third-order valence-electron chi connectivity index (χ3n) is 9.19. The fourth-order valence-electron chi connectivity index (χ4n) is 6.69. The number of morpholine rings is 1. The molecule has 1 aromatic rings. The summed E-state index contributed by atoms with van der Waals surface area (Å²) in [5, 5.41) is 3.10. The Morgan fingerprint density at radius 2 is 2.02 bits per heavy atom. The average Bonchev–Trinajstić information content (AvgIpc) is 3.79. The Kier molecular flexibility index (Phi) is 8.92. The summed E-state index contributed by atoms with van der Waals surface area (Å²) in [6, 6.07) is -0.256. The van der Waals surface area contributed by atoms with Gasteiger partial charge in [-0.3, -0.25) is 4.90 Å². The van der Waals surface area contributed by atoms with Crippen LogP contribution in [-0.4, -0.2) is 96.6 Å². The van der Waals surface area contributed by atoms with Gasteiger partial charge in [-0.2, -0.15) is 0 Å². The molecule has 4 aliphatic rings. The number of aromatic nitrogens is 2. The topological polar surface area (TPSA) is 103 Å². The van der Waals surface area contributed by atoms with Crippen LogP contribution >= 0.6 is 0 Å². The zero-order valence-electron chi connectivity index (χ0n) is 25.1. The van der Waals surface area contributed by atoms with Crippen LogP contribution in [0.4, 0.5) is 4.79 Å². The number of methoxy groups -OCH3 is 1. The van der Waals surface area contributed by atoms with Crippen LogP contribution in [0.25, 0.3) is 0 Å². The van der Waals surface area contributed by atoms with Crippen LogP contribution < -0.4 is 5.32 Å². The lowest BCUT2D eigenvalue weighted by Crippen LogP contribution is -2.56. The van der Waals surface area contributed by atoms with E-state index in [1.165, 1.54) is 5.57 Å². The van der Waals surface area contributed by atoms with Crippen molar-refractivity contribution in [2.45, 2.75) is 96.0 Å². The van der Waals surface area contributed by atoms with Gasteiger partial charge in [0.05, 0.1) is 49.9 Å². The predicted octanol–water partition coefficient (Wildman–Crippen LogP) is 3.72. The second-order valence-electron chi connectivity index (χ2n) is 12.7. The molecule has 3 aliphatic heterocycles. The number of ether oxygens (including phenoxy) is 5. The highest BCUT2D eigenvalue weighted by Gasteiger charge is 2.72. The molecule has 1 unspecified atom stereocenters. The van der Waals surface area contributed by atoms with Gasteiger partial charge in [-0.25, -0.2) is 9.78 Å². The van der Waals surface area contributed by atoms with Crippen molar-refractivity contribution in [2.75, 3.05) is 46.6 Å². The Labute approximate surface area is 238 Å². The summed E-state index contributed by atoms with van der Waals surface area (Å²) in [6.45, 7) is 16.5. The maximum Gasteiger partial charge on any atom is 0.408 e. The minimum absolute atomic E-state index is 0.00447. The van der Waals surface area contributed by atoms with Crippen molar-refractivity contribution >= 4 is 6.09 Å². The summed E-state index contributed by atoms with van der Waals surface area (Å²) in [5.41, 5.74) is 1.50. The molecule has 1 amide bonds. The van der Waals surface area contributed by atoms with Gasteiger partial charge in [-0.05, 0) is 46.0 Å². The van der Waals surface area contributed by atoms with Gasteiger partial charge in [0.2, 0.25) is 0 Å². The van der Waals surface area contributed by atoms with Gasteiger partial charge in [0.15, 0.2) is 0 Å². The second kappa shape index (κ2) is 12.1. The predicted molar refractivity (Wildman–Crippen MR) is 150 cm³/mol. The third kappa shape index (κ3) is 6.41. The van der Waals surface area contributed by atoms with Crippen LogP contribution in [0.15, 0.2) is 24.2 Å². The van der Waals surface area contributed by atoms with E-state index in [-0.39, 0.29) is 47.4 Å². The lowest BCUT2D eigenvalue weighted by molar-refractivity contribution is -0.118. The molecule has 0 bridgehead atoms. The molecule has 5 rings (SSSR count). The number of imidazole rings is 1. The van der Waals surface area contributed by atoms with Crippen molar-refractivity contribution < 1.29 is 28.5 Å². The van der Waals surface area contributed by atoms with Gasteiger partial charge in [-0.1, -0.05) is 25.5 Å². The summed E-state index contributed by atoms with van der Waals surface area (Å²) in [6.07, 6.45) is 7.47. The molecule has 3 saturated heterocycles. The number of epoxide rings is 2. The minimum Gasteiger partial charge on any atom is -0.443 e. The lowest BCUT2D eigenvalue weighted by atomic mass is 9.68. The smallest absolute Gasteiger partial charge is 0.408 e. The quantitative estimate of drug-likeness (QED) is 0.323. The number of hydrogen-bond acceptors (Lipinski definition) is 8. The van der Waals surface area contributed by atoms with Gasteiger partial charge in [0.25, 0.3) is 0 Å². The van der Waals surface area contributed by atoms with E-state index in [9.17, 15) is 4.79 Å². The summed E-state index contributed by atoms with van der Waals surface area (Å²) in [4.78, 5) is 20.3. The highest BCUT2D eigenvalue weighted by atomic mass is 16.6. The minimum atomic E-state index is -0.442. The van der Waals surface area contributed by atoms with Crippen LogP contribution in [0.5, 0.6) is 0 Å². The van der Waals surface area contributed by atoms with E-state index in [2.05, 4.69) is 60.5 Å². The maximum absolute atomic E-state index is 13.3. The van der Waals surface area contributed by atoms with E-state index in [0.717, 1.165) is 57.9 Å². The number of nitrogens with zero attached hydrogens (tertiary/aromatic N) is 3. The zero-order valence-corrected chi connectivity index (χ0v) is 25.1. The van der Waals surface area contributed by atoms with Gasteiger partial charge in [-0.15, -0.1) is 0 Å². The standard InChI is InChI=1S/C30H48N4O6/c1-20(2)7-8-24-29(5,40-24)27-26(36-6)23(9-10-30(27)18-38-30)39-28(35)32-25(21(3)4)22-17-34(19-31-22)12-11-33-13-15-37-16-14-33/h7,17,19,21,23-27H,8-16,18H2,1-6H3,(H,32,35)/t23-,24-,25+,26-,27?,29+,30+/m1/s1. The van der Waals surface area contributed by atoms with Crippen LogP contribution in [0.1, 0.15) is 65.6 Å². The average molecular weight is 561 g/mol. The van der Waals surface area contributed by atoms with Crippen molar-refractivity contribution in [2.24, 2.45) is 11.8 Å². The Morgan fingerprint density at radius 1 is 1.27 bits per heavy atom. The number of carbonyl (C=O) groups excluding carboxylic acids is 1. The Balaban J connectivity index is 1.20. The van der Waals surface area contributed by atoms with Crippen molar-refractivity contribution in [1.82, 2.24) is 19.8 Å². The van der Waals surface area contributed by atoms with E-state index in [4.69, 9.17) is 23.7 Å². The number of rotatable bonds is 11. The molecule has 224 valence electrons. The lowest BCUT2D eigenvalue weighted by Gasteiger charge is -2.42. The van der Waals surface area contributed by atoms with Crippen molar-refractivity contribution in [3.8, 4) is 0 Å². The van der Waals surface area contributed by atoms with E-state index in [1.807, 2.05) is 12.5 Å². The highest BCUT2D eigenvalue weighted by molar-refractivity contribution is 5.68. The normalized spacial score (nSPS) is 34.5. The molecular weight excluding hydrogens is 512 g/mol. The molecule has 1 saturated carbocycles. The largest absolute Gasteiger partial charge is 0.443 e. The highest BCUT2D eigenvalue weighted by Crippen LogP contribution is 2.59. The van der Waals surface area contributed by atoms with E-state index >= 15 is 0 Å². The van der Waals surface area contributed by atoms with Crippen LogP contribution in [0.2, 0.25) is 0 Å². The summed E-state index contributed by atoms with van der Waals surface area (Å²) in [5.74, 6) is 0.139. The van der Waals surface area contributed by atoms with Gasteiger partial charge in [0, 0.05) is 39.5 Å². The first-order chi connectivity index (χ1) is 19.1. The molecule has 1 aliphatic carbocycles. The van der Waals surface area contributed by atoms with Gasteiger partial charge < -0.3 is 33.6 Å². The summed E-state index contributed by atoms with van der Waals surface area (Å²) in [7, 11) is 1.70. The zero-order chi connectivity index (χ0) is 28.5. The first-order valence-corrected chi connectivity index (χ1v) is 14.9. The van der Waals surface area contributed by atoms with Crippen molar-refractivity contribution in [3.63, 3.8) is 0 Å². The van der Waals surface area contributed by atoms with Gasteiger partial charge >= 0.3 is 6.09 Å². The number of nitrogens with one attached hydrogen (secondary N) is 1. The van der Waals surface area contributed by atoms with Crippen LogP contribution in [-0.2, 0) is 30.2 Å². The molecule has 10 nitrogen and oxygen atoms in total. The summed E-state index contributed by atoms with van der Waals surface area (Å²) < 4.78 is 32.0. The molecule has 0 aromatic carbocycles. The van der Waals surface area contributed by atoms with Crippen LogP contribution in [0, 0.1) is 11.8 Å². The molecule has 1 aromatic heterocycles. The number of hydrogen-bond donors (Lipinski definition) is 1. The monoisotopic (exact) mass is 560 g/mol. The van der Waals surface area contributed by atoms with Gasteiger partial charge in [0.1, 0.15) is 23.4 Å². The van der Waals surface area contributed by atoms with E-state index in [1.54, 1.807) is 7.11 Å². The number of carbonyl (C=O) groups is 1. The molecule has 1 N–H and O–H groups in total. The molecule has 1 spiro atoms. The molecule has 10 heteroatoms. The fraction of sp³-hybridized carbons (Fsp3) is 0.800. The SMILES string of the molecule is CO[C@H]1C([C@@]2(C)O[C@@H]2CC=C(C)C)[C@]2(CC[C@H]1OC(=O)N[C@H](c1cn(CCN3CCOCC3)cn1)C(C)C)CO2. The fourth-order valence-corrected chi connectivity index (χ4v) is 6.69. The Hall–Kier alpha value is -1.98. The Bertz CT molecular complexity index is 1040. The van der Waals surface area contributed by atoms with E-state index < -0.39 is 6.09 Å². The number of alkyl carbamates (subject to hydrolysis) is 1. The Morgan fingerprint density at radius 3 is 2.67 bits per heavy atom. The molecule has 4 heterocycles.